The molecule has 1 saturated carbocycles. The molecule has 0 aromatic rings. The molecule has 0 spiro atoms. The molecule has 124 valence electrons. The first kappa shape index (κ1) is 18.8. The maximum absolute atomic E-state index is 11.6. The first-order valence-corrected chi connectivity index (χ1v) is 8.34. The number of hydrogen-bond acceptors (Lipinski definition) is 3. The molecule has 0 heterocycles. The Morgan fingerprint density at radius 1 is 1.41 bits per heavy atom. The first-order valence-electron chi connectivity index (χ1n) is 7.96. The summed E-state index contributed by atoms with van der Waals surface area (Å²) in [6, 6.07) is 0.146. The molecular formula is C17H28ClN3O. The summed E-state index contributed by atoms with van der Waals surface area (Å²) in [5, 5.41) is 0.236. The summed E-state index contributed by atoms with van der Waals surface area (Å²) in [6.45, 7) is 7.70. The molecule has 5 heteroatoms. The molecule has 0 saturated heterocycles. The molecule has 4 nitrogen and oxygen atoms in total. The fraction of sp³-hybridized carbons (Fsp3) is 0.647. The van der Waals surface area contributed by atoms with Gasteiger partial charge in [0.15, 0.2) is 5.84 Å². The van der Waals surface area contributed by atoms with E-state index in [2.05, 4.69) is 16.5 Å². The van der Waals surface area contributed by atoms with E-state index in [1.54, 1.807) is 0 Å². The van der Waals surface area contributed by atoms with E-state index in [0.29, 0.717) is 6.04 Å². The molecule has 1 rings (SSSR count). The lowest BCUT2D eigenvalue weighted by Gasteiger charge is -2.38. The average molecular weight is 326 g/mol. The monoisotopic (exact) mass is 325 g/mol. The topological polar surface area (TPSA) is 35.9 Å². The van der Waals surface area contributed by atoms with Crippen LogP contribution in [0.4, 0.5) is 0 Å². The molecule has 1 aliphatic rings. The van der Waals surface area contributed by atoms with Crippen molar-refractivity contribution in [1.82, 2.24) is 9.80 Å². The van der Waals surface area contributed by atoms with Gasteiger partial charge >= 0.3 is 0 Å². The third-order valence-corrected chi connectivity index (χ3v) is 4.19. The van der Waals surface area contributed by atoms with Crippen LogP contribution < -0.4 is 0 Å². The van der Waals surface area contributed by atoms with Crippen molar-refractivity contribution in [2.75, 3.05) is 14.1 Å². The van der Waals surface area contributed by atoms with Crippen molar-refractivity contribution >= 4 is 23.7 Å². The third kappa shape index (κ3) is 4.60. The maximum atomic E-state index is 11.6. The van der Waals surface area contributed by atoms with Crippen molar-refractivity contribution in [3.05, 3.63) is 23.5 Å². The quantitative estimate of drug-likeness (QED) is 0.309. The molecule has 0 aromatic heterocycles. The average Bonchev–Trinajstić information content (AvgIpc) is 2.97. The Kier molecular flexibility index (Phi) is 7.66. The second-order valence-corrected chi connectivity index (χ2v) is 6.27. The van der Waals surface area contributed by atoms with E-state index in [1.807, 2.05) is 38.9 Å². The number of aliphatic imine (C=N–C) groups is 1. The van der Waals surface area contributed by atoms with Gasteiger partial charge in [-0.05, 0) is 26.2 Å². The van der Waals surface area contributed by atoms with E-state index >= 15 is 0 Å². The summed E-state index contributed by atoms with van der Waals surface area (Å²) in [6.07, 6.45) is 8.33. The zero-order valence-electron chi connectivity index (χ0n) is 14.2. The highest BCUT2D eigenvalue weighted by atomic mass is 35.5. The number of rotatable bonds is 7. The molecule has 0 bridgehead atoms. The molecule has 1 unspecified atom stereocenters. The summed E-state index contributed by atoms with van der Waals surface area (Å²) in [4.78, 5) is 20.2. The van der Waals surface area contributed by atoms with Crippen LogP contribution in [0.15, 0.2) is 28.5 Å². The van der Waals surface area contributed by atoms with E-state index in [1.165, 1.54) is 12.8 Å². The predicted molar refractivity (Wildman–Crippen MR) is 94.1 cm³/mol. The van der Waals surface area contributed by atoms with Crippen LogP contribution in [-0.2, 0) is 4.79 Å². The second kappa shape index (κ2) is 8.99. The lowest BCUT2D eigenvalue weighted by molar-refractivity contribution is -0.111. The largest absolute Gasteiger partial charge is 0.375 e. The Morgan fingerprint density at radius 3 is 2.36 bits per heavy atom. The van der Waals surface area contributed by atoms with Gasteiger partial charge in [0.1, 0.15) is 11.4 Å². The van der Waals surface area contributed by atoms with E-state index in [0.717, 1.165) is 37.1 Å². The molecule has 0 aromatic carbocycles. The van der Waals surface area contributed by atoms with Gasteiger partial charge in [0.25, 0.3) is 0 Å². The minimum Gasteiger partial charge on any atom is -0.375 e. The summed E-state index contributed by atoms with van der Waals surface area (Å²) >= 11 is 5.98. The van der Waals surface area contributed by atoms with Crippen LogP contribution in [0.1, 0.15) is 46.0 Å². The Hall–Kier alpha value is -1.29. The zero-order chi connectivity index (χ0) is 16.7. The van der Waals surface area contributed by atoms with Crippen molar-refractivity contribution < 1.29 is 4.79 Å². The van der Waals surface area contributed by atoms with Gasteiger partial charge in [0.2, 0.25) is 0 Å². The SMILES string of the molecule is C=C(Cl)/N=C(\C(=C/C)N(C)C)N(C(C=O)CC)C1CCCC1. The standard InChI is InChI=1S/C17H28ClN3O/c1-6-14(12-22)21(15-10-8-9-11-15)17(19-13(3)18)16(7-2)20(4)5/h7,12,14-15H,3,6,8-11H2,1-2,4-5H3/b16-7+,19-17+. The van der Waals surface area contributed by atoms with Gasteiger partial charge in [0, 0.05) is 20.1 Å². The van der Waals surface area contributed by atoms with Gasteiger partial charge in [0.05, 0.1) is 11.7 Å². The number of aldehydes is 1. The zero-order valence-corrected chi connectivity index (χ0v) is 14.9. The molecular weight excluding hydrogens is 298 g/mol. The van der Waals surface area contributed by atoms with Crippen molar-refractivity contribution in [1.29, 1.82) is 0 Å². The predicted octanol–water partition coefficient (Wildman–Crippen LogP) is 3.78. The van der Waals surface area contributed by atoms with E-state index < -0.39 is 0 Å². The van der Waals surface area contributed by atoms with Crippen LogP contribution >= 0.6 is 11.6 Å². The summed E-state index contributed by atoms with van der Waals surface area (Å²) in [5.74, 6) is 0.748. The second-order valence-electron chi connectivity index (χ2n) is 5.84. The number of carbonyl (C=O) groups excluding carboxylic acids is 1. The fourth-order valence-corrected chi connectivity index (χ4v) is 3.17. The van der Waals surface area contributed by atoms with Crippen molar-refractivity contribution in [3.8, 4) is 0 Å². The van der Waals surface area contributed by atoms with E-state index in [4.69, 9.17) is 11.6 Å². The summed E-state index contributed by atoms with van der Waals surface area (Å²) in [7, 11) is 3.94. The van der Waals surface area contributed by atoms with Crippen LogP contribution in [0, 0.1) is 0 Å². The highest BCUT2D eigenvalue weighted by Crippen LogP contribution is 2.28. The van der Waals surface area contributed by atoms with Crippen molar-refractivity contribution in [2.45, 2.75) is 58.0 Å². The fourth-order valence-electron chi connectivity index (χ4n) is 3.09. The highest BCUT2D eigenvalue weighted by Gasteiger charge is 2.32. The van der Waals surface area contributed by atoms with Gasteiger partial charge in [-0.3, -0.25) is 0 Å². The summed E-state index contributed by atoms with van der Waals surface area (Å²) < 4.78 is 0. The van der Waals surface area contributed by atoms with Gasteiger partial charge in [-0.1, -0.05) is 44.0 Å². The Morgan fingerprint density at radius 2 is 2.00 bits per heavy atom. The van der Waals surface area contributed by atoms with Gasteiger partial charge in [-0.25, -0.2) is 4.99 Å². The number of nitrogens with zero attached hydrogens (tertiary/aromatic N) is 3. The van der Waals surface area contributed by atoms with Crippen molar-refractivity contribution in [2.24, 2.45) is 4.99 Å². The Balaban J connectivity index is 3.35. The normalized spacial score (nSPS) is 18.2. The number of carbonyl (C=O) groups is 1. The molecule has 1 fully saturated rings. The highest BCUT2D eigenvalue weighted by molar-refractivity contribution is 6.30. The number of hydrogen-bond donors (Lipinski definition) is 0. The Bertz CT molecular complexity index is 451. The van der Waals surface area contributed by atoms with Crippen LogP contribution in [-0.4, -0.2) is 48.1 Å². The van der Waals surface area contributed by atoms with Crippen LogP contribution in [0.3, 0.4) is 0 Å². The van der Waals surface area contributed by atoms with Gasteiger partial charge in [-0.15, -0.1) is 0 Å². The molecule has 0 radical (unpaired) electrons. The lowest BCUT2D eigenvalue weighted by Crippen LogP contribution is -2.49. The minimum absolute atomic E-state index is 0.187. The molecule has 1 aliphatic carbocycles. The lowest BCUT2D eigenvalue weighted by atomic mass is 10.1. The summed E-state index contributed by atoms with van der Waals surface area (Å²) in [5.41, 5.74) is 0.953. The molecule has 1 atom stereocenters. The van der Waals surface area contributed by atoms with Crippen molar-refractivity contribution in [3.63, 3.8) is 0 Å². The third-order valence-electron chi connectivity index (χ3n) is 4.11. The molecule has 0 aliphatic heterocycles. The van der Waals surface area contributed by atoms with E-state index in [-0.39, 0.29) is 11.2 Å². The number of likely N-dealkylation sites (N-methyl/N-ethyl adjacent to an activating group) is 1. The molecule has 0 amide bonds. The smallest absolute Gasteiger partial charge is 0.154 e. The van der Waals surface area contributed by atoms with E-state index in [9.17, 15) is 4.79 Å². The molecule has 22 heavy (non-hydrogen) atoms. The maximum Gasteiger partial charge on any atom is 0.154 e. The van der Waals surface area contributed by atoms with Gasteiger partial charge < -0.3 is 14.6 Å². The minimum atomic E-state index is -0.187. The van der Waals surface area contributed by atoms with Crippen LogP contribution in [0.5, 0.6) is 0 Å². The molecule has 0 N–H and O–H groups in total. The first-order chi connectivity index (χ1) is 10.5. The number of halogens is 1. The number of allylic oxidation sites excluding steroid dienone is 1. The Labute approximate surface area is 139 Å². The number of amidine groups is 1. The van der Waals surface area contributed by atoms with Crippen LogP contribution in [0.2, 0.25) is 0 Å². The van der Waals surface area contributed by atoms with Crippen LogP contribution in [0.25, 0.3) is 0 Å². The van der Waals surface area contributed by atoms with Gasteiger partial charge in [-0.2, -0.15) is 0 Å².